The summed E-state index contributed by atoms with van der Waals surface area (Å²) in [5.41, 5.74) is 2.90. The highest BCUT2D eigenvalue weighted by Gasteiger charge is 2.33. The summed E-state index contributed by atoms with van der Waals surface area (Å²) < 4.78 is 5.25. The summed E-state index contributed by atoms with van der Waals surface area (Å²) in [4.78, 5) is 24.8. The van der Waals surface area contributed by atoms with Crippen molar-refractivity contribution < 1.29 is 14.3 Å². The first kappa shape index (κ1) is 18.7. The van der Waals surface area contributed by atoms with E-state index in [1.165, 1.54) is 0 Å². The van der Waals surface area contributed by atoms with Gasteiger partial charge in [0.05, 0.1) is 18.2 Å². The molecule has 2 aromatic carbocycles. The second kappa shape index (κ2) is 9.00. The number of rotatable bonds is 7. The highest BCUT2D eigenvalue weighted by molar-refractivity contribution is 5.95. The Balaban J connectivity index is 1.86. The standard InChI is InChI=1S/C21H23N3O3/c1-2-27-20(25)18-17(14-22-13-15-9-5-3-6-10-15)23-21(26)24-19(18)16-11-7-4-8-12-16/h3-12,19,22H,2,13-14H2,1H3,(H2,23,24,26). The van der Waals surface area contributed by atoms with E-state index >= 15 is 0 Å². The number of esters is 1. The van der Waals surface area contributed by atoms with Gasteiger partial charge in [-0.3, -0.25) is 0 Å². The largest absolute Gasteiger partial charge is 0.463 e. The molecule has 0 spiro atoms. The number of ether oxygens (including phenoxy) is 1. The molecule has 2 amide bonds. The molecule has 6 heteroatoms. The van der Waals surface area contributed by atoms with Crippen molar-refractivity contribution in [2.75, 3.05) is 13.2 Å². The molecule has 1 unspecified atom stereocenters. The van der Waals surface area contributed by atoms with Crippen molar-refractivity contribution in [2.24, 2.45) is 0 Å². The molecule has 3 rings (SSSR count). The minimum Gasteiger partial charge on any atom is -0.463 e. The predicted molar refractivity (Wildman–Crippen MR) is 103 cm³/mol. The van der Waals surface area contributed by atoms with E-state index in [0.29, 0.717) is 24.4 Å². The number of benzene rings is 2. The van der Waals surface area contributed by atoms with E-state index < -0.39 is 12.0 Å². The van der Waals surface area contributed by atoms with Crippen LogP contribution in [0.4, 0.5) is 4.79 Å². The Kier molecular flexibility index (Phi) is 6.22. The number of urea groups is 1. The molecule has 0 saturated heterocycles. The average Bonchev–Trinajstić information content (AvgIpc) is 2.69. The van der Waals surface area contributed by atoms with Gasteiger partial charge in [0.25, 0.3) is 0 Å². The monoisotopic (exact) mass is 365 g/mol. The van der Waals surface area contributed by atoms with E-state index in [4.69, 9.17) is 4.74 Å². The maximum atomic E-state index is 12.6. The van der Waals surface area contributed by atoms with Crippen LogP contribution in [0.3, 0.4) is 0 Å². The molecule has 1 heterocycles. The number of amides is 2. The maximum absolute atomic E-state index is 12.6. The topological polar surface area (TPSA) is 79.5 Å². The van der Waals surface area contributed by atoms with Crippen molar-refractivity contribution in [2.45, 2.75) is 19.5 Å². The number of hydrogen-bond acceptors (Lipinski definition) is 4. The van der Waals surface area contributed by atoms with E-state index in [9.17, 15) is 9.59 Å². The highest BCUT2D eigenvalue weighted by atomic mass is 16.5. The van der Waals surface area contributed by atoms with Gasteiger partial charge in [-0.15, -0.1) is 0 Å². The van der Waals surface area contributed by atoms with Crippen molar-refractivity contribution >= 4 is 12.0 Å². The van der Waals surface area contributed by atoms with E-state index in [1.807, 2.05) is 60.7 Å². The van der Waals surface area contributed by atoms with Crippen LogP contribution in [-0.2, 0) is 16.1 Å². The van der Waals surface area contributed by atoms with Crippen LogP contribution < -0.4 is 16.0 Å². The van der Waals surface area contributed by atoms with Crippen molar-refractivity contribution in [3.63, 3.8) is 0 Å². The summed E-state index contributed by atoms with van der Waals surface area (Å²) in [5.74, 6) is -0.435. The zero-order valence-corrected chi connectivity index (χ0v) is 15.2. The quantitative estimate of drug-likeness (QED) is 0.659. The van der Waals surface area contributed by atoms with Gasteiger partial charge >= 0.3 is 12.0 Å². The molecule has 6 nitrogen and oxygen atoms in total. The SMILES string of the molecule is CCOC(=O)C1=C(CNCc2ccccc2)NC(=O)NC1c1ccccc1. The number of carbonyl (C=O) groups is 2. The molecule has 140 valence electrons. The molecule has 1 aliphatic heterocycles. The van der Waals surface area contributed by atoms with Crippen molar-refractivity contribution in [1.29, 1.82) is 0 Å². The number of nitrogens with one attached hydrogen (secondary N) is 3. The third kappa shape index (κ3) is 4.74. The number of carbonyl (C=O) groups excluding carboxylic acids is 2. The summed E-state index contributed by atoms with van der Waals surface area (Å²) in [6.45, 7) is 3.00. The van der Waals surface area contributed by atoms with Crippen LogP contribution in [0.15, 0.2) is 71.9 Å². The lowest BCUT2D eigenvalue weighted by molar-refractivity contribution is -0.139. The molecule has 2 aromatic rings. The van der Waals surface area contributed by atoms with Gasteiger partial charge < -0.3 is 20.7 Å². The predicted octanol–water partition coefficient (Wildman–Crippen LogP) is 2.65. The summed E-state index contributed by atoms with van der Waals surface area (Å²) in [6.07, 6.45) is 0. The van der Waals surface area contributed by atoms with Crippen molar-refractivity contribution in [3.05, 3.63) is 83.1 Å². The molecule has 3 N–H and O–H groups in total. The normalized spacial score (nSPS) is 16.5. The molecule has 0 aliphatic carbocycles. The first-order valence-corrected chi connectivity index (χ1v) is 8.96. The van der Waals surface area contributed by atoms with Crippen LogP contribution in [0.5, 0.6) is 0 Å². The zero-order valence-electron chi connectivity index (χ0n) is 15.2. The molecule has 0 bridgehead atoms. The maximum Gasteiger partial charge on any atom is 0.338 e. The lowest BCUT2D eigenvalue weighted by atomic mass is 9.95. The van der Waals surface area contributed by atoms with Gasteiger partial charge in [-0.1, -0.05) is 60.7 Å². The Labute approximate surface area is 158 Å². The Morgan fingerprint density at radius 2 is 1.70 bits per heavy atom. The summed E-state index contributed by atoms with van der Waals surface area (Å²) >= 11 is 0. The fourth-order valence-electron chi connectivity index (χ4n) is 3.03. The van der Waals surface area contributed by atoms with Crippen LogP contribution >= 0.6 is 0 Å². The zero-order chi connectivity index (χ0) is 19.1. The fourth-order valence-corrected chi connectivity index (χ4v) is 3.03. The molecule has 1 aliphatic rings. The minimum atomic E-state index is -0.549. The summed E-state index contributed by atoms with van der Waals surface area (Å²) in [5, 5.41) is 8.86. The van der Waals surface area contributed by atoms with Gasteiger partial charge in [0, 0.05) is 18.8 Å². The summed E-state index contributed by atoms with van der Waals surface area (Å²) in [7, 11) is 0. The van der Waals surface area contributed by atoms with E-state index in [-0.39, 0.29) is 12.6 Å². The van der Waals surface area contributed by atoms with Gasteiger partial charge in [-0.2, -0.15) is 0 Å². The molecule has 0 radical (unpaired) electrons. The molecule has 0 fully saturated rings. The second-order valence-corrected chi connectivity index (χ2v) is 6.14. The van der Waals surface area contributed by atoms with Crippen LogP contribution in [-0.4, -0.2) is 25.2 Å². The Hall–Kier alpha value is -3.12. The third-order valence-corrected chi connectivity index (χ3v) is 4.26. The van der Waals surface area contributed by atoms with E-state index in [1.54, 1.807) is 6.92 Å². The van der Waals surface area contributed by atoms with Crippen LogP contribution in [0.25, 0.3) is 0 Å². The Morgan fingerprint density at radius 3 is 2.37 bits per heavy atom. The first-order valence-electron chi connectivity index (χ1n) is 8.96. The molecule has 1 atom stereocenters. The average molecular weight is 365 g/mol. The lowest BCUT2D eigenvalue weighted by Gasteiger charge is -2.29. The fraction of sp³-hybridized carbons (Fsp3) is 0.238. The van der Waals surface area contributed by atoms with Gasteiger partial charge in [0.1, 0.15) is 0 Å². The Morgan fingerprint density at radius 1 is 1.04 bits per heavy atom. The lowest BCUT2D eigenvalue weighted by Crippen LogP contribution is -2.48. The molecule has 27 heavy (non-hydrogen) atoms. The smallest absolute Gasteiger partial charge is 0.338 e. The van der Waals surface area contributed by atoms with E-state index in [0.717, 1.165) is 11.1 Å². The number of hydrogen-bond donors (Lipinski definition) is 3. The minimum absolute atomic E-state index is 0.266. The van der Waals surface area contributed by atoms with Crippen molar-refractivity contribution in [1.82, 2.24) is 16.0 Å². The second-order valence-electron chi connectivity index (χ2n) is 6.14. The highest BCUT2D eigenvalue weighted by Crippen LogP contribution is 2.27. The third-order valence-electron chi connectivity index (χ3n) is 4.26. The summed E-state index contributed by atoms with van der Waals surface area (Å²) in [6, 6.07) is 18.4. The van der Waals surface area contributed by atoms with Gasteiger partial charge in [-0.25, -0.2) is 9.59 Å². The molecule has 0 saturated carbocycles. The van der Waals surface area contributed by atoms with Crippen LogP contribution in [0.1, 0.15) is 24.1 Å². The van der Waals surface area contributed by atoms with Gasteiger partial charge in [-0.05, 0) is 18.1 Å². The van der Waals surface area contributed by atoms with Crippen LogP contribution in [0, 0.1) is 0 Å². The molecule has 0 aromatic heterocycles. The molecular formula is C21H23N3O3. The molecular weight excluding hydrogens is 342 g/mol. The van der Waals surface area contributed by atoms with Crippen molar-refractivity contribution in [3.8, 4) is 0 Å². The van der Waals surface area contributed by atoms with Gasteiger partial charge in [0.15, 0.2) is 0 Å². The Bertz CT molecular complexity index is 819. The van der Waals surface area contributed by atoms with Gasteiger partial charge in [0.2, 0.25) is 0 Å². The van der Waals surface area contributed by atoms with Crippen LogP contribution in [0.2, 0.25) is 0 Å². The first-order chi connectivity index (χ1) is 13.2. The van der Waals surface area contributed by atoms with E-state index in [2.05, 4.69) is 16.0 Å².